The van der Waals surface area contributed by atoms with E-state index in [1.54, 1.807) is 12.1 Å². The fourth-order valence-corrected chi connectivity index (χ4v) is 2.92. The van der Waals surface area contributed by atoms with Crippen molar-refractivity contribution < 1.29 is 14.8 Å². The minimum Gasteiger partial charge on any atom is -0.481 e. The second-order valence-corrected chi connectivity index (χ2v) is 5.64. The number of hydrogen-bond donors (Lipinski definition) is 2. The molecule has 0 saturated heterocycles. The van der Waals surface area contributed by atoms with Crippen molar-refractivity contribution in [2.75, 3.05) is 0 Å². The number of nitro benzene ring substituents is 1. The van der Waals surface area contributed by atoms with E-state index in [-0.39, 0.29) is 23.7 Å². The molecule has 0 radical (unpaired) electrons. The molecular weight excluding hydrogens is 272 g/mol. The maximum absolute atomic E-state index is 11.1. The molecule has 1 saturated carbocycles. The number of rotatable bonds is 5. The Morgan fingerprint density at radius 2 is 2.24 bits per heavy atom. The summed E-state index contributed by atoms with van der Waals surface area (Å²) in [4.78, 5) is 21.5. The Morgan fingerprint density at radius 1 is 1.48 bits per heavy atom. The molecule has 3 unspecified atom stereocenters. The lowest BCUT2D eigenvalue weighted by molar-refractivity contribution is -0.384. The third-order valence-electron chi connectivity index (χ3n) is 4.09. The average molecular weight is 292 g/mol. The highest BCUT2D eigenvalue weighted by Crippen LogP contribution is 2.27. The second kappa shape index (κ2) is 6.67. The third-order valence-corrected chi connectivity index (χ3v) is 4.09. The predicted octanol–water partition coefficient (Wildman–Crippen LogP) is 2.89. The fourth-order valence-electron chi connectivity index (χ4n) is 2.92. The van der Waals surface area contributed by atoms with Gasteiger partial charge in [0, 0.05) is 24.2 Å². The van der Waals surface area contributed by atoms with Crippen LogP contribution in [0.15, 0.2) is 24.3 Å². The van der Waals surface area contributed by atoms with E-state index in [0.29, 0.717) is 6.42 Å². The van der Waals surface area contributed by atoms with Crippen molar-refractivity contribution >= 4 is 11.7 Å². The quantitative estimate of drug-likeness (QED) is 0.643. The molecule has 2 N–H and O–H groups in total. The molecule has 1 aromatic rings. The van der Waals surface area contributed by atoms with Crippen molar-refractivity contribution in [2.45, 2.75) is 44.7 Å². The first-order chi connectivity index (χ1) is 9.97. The van der Waals surface area contributed by atoms with Crippen molar-refractivity contribution in [3.05, 3.63) is 39.9 Å². The van der Waals surface area contributed by atoms with Gasteiger partial charge in [0.25, 0.3) is 5.69 Å². The molecular formula is C15H20N2O4. The summed E-state index contributed by atoms with van der Waals surface area (Å²) >= 11 is 0. The van der Waals surface area contributed by atoms with Crippen LogP contribution in [0.4, 0.5) is 5.69 Å². The smallest absolute Gasteiger partial charge is 0.306 e. The molecule has 3 atom stereocenters. The number of aliphatic carboxylic acids is 1. The Balaban J connectivity index is 2.00. The SMILES string of the molecule is CC(NC1CCCC(C(=O)O)C1)c1cccc([N+](=O)[O-])c1. The summed E-state index contributed by atoms with van der Waals surface area (Å²) in [5.74, 6) is -1.02. The van der Waals surface area contributed by atoms with E-state index >= 15 is 0 Å². The first-order valence-corrected chi connectivity index (χ1v) is 7.20. The van der Waals surface area contributed by atoms with Crippen molar-refractivity contribution in [3.8, 4) is 0 Å². The Morgan fingerprint density at radius 3 is 2.90 bits per heavy atom. The predicted molar refractivity (Wildman–Crippen MR) is 78.0 cm³/mol. The highest BCUT2D eigenvalue weighted by atomic mass is 16.6. The molecule has 2 rings (SSSR count). The van der Waals surface area contributed by atoms with Crippen LogP contribution in [0.2, 0.25) is 0 Å². The van der Waals surface area contributed by atoms with Gasteiger partial charge in [0.05, 0.1) is 10.8 Å². The molecule has 0 heterocycles. The van der Waals surface area contributed by atoms with Gasteiger partial charge in [-0.2, -0.15) is 0 Å². The molecule has 1 aromatic carbocycles. The molecule has 114 valence electrons. The Kier molecular flexibility index (Phi) is 4.90. The monoisotopic (exact) mass is 292 g/mol. The van der Waals surface area contributed by atoms with Crippen LogP contribution in [0.3, 0.4) is 0 Å². The van der Waals surface area contributed by atoms with Crippen LogP contribution in [0.5, 0.6) is 0 Å². The van der Waals surface area contributed by atoms with Crippen LogP contribution in [0.25, 0.3) is 0 Å². The van der Waals surface area contributed by atoms with Gasteiger partial charge in [-0.3, -0.25) is 14.9 Å². The minimum absolute atomic E-state index is 0.0394. The summed E-state index contributed by atoms with van der Waals surface area (Å²) in [6.45, 7) is 1.95. The van der Waals surface area contributed by atoms with Gasteiger partial charge < -0.3 is 10.4 Å². The van der Waals surface area contributed by atoms with E-state index in [1.165, 1.54) is 6.07 Å². The van der Waals surface area contributed by atoms with E-state index in [2.05, 4.69) is 5.32 Å². The highest BCUT2D eigenvalue weighted by molar-refractivity contribution is 5.70. The molecule has 21 heavy (non-hydrogen) atoms. The average Bonchev–Trinajstić information content (AvgIpc) is 2.47. The number of hydrogen-bond acceptors (Lipinski definition) is 4. The van der Waals surface area contributed by atoms with E-state index in [0.717, 1.165) is 24.8 Å². The number of benzene rings is 1. The topological polar surface area (TPSA) is 92.5 Å². The summed E-state index contributed by atoms with van der Waals surface area (Å²) in [5, 5.41) is 23.3. The van der Waals surface area contributed by atoms with Crippen molar-refractivity contribution in [3.63, 3.8) is 0 Å². The van der Waals surface area contributed by atoms with E-state index in [1.807, 2.05) is 13.0 Å². The summed E-state index contributed by atoms with van der Waals surface area (Å²) in [5.41, 5.74) is 0.926. The van der Waals surface area contributed by atoms with Gasteiger partial charge in [-0.05, 0) is 31.7 Å². The number of nitro groups is 1. The number of carbonyl (C=O) groups is 1. The zero-order valence-corrected chi connectivity index (χ0v) is 12.0. The normalized spacial score (nSPS) is 23.5. The molecule has 1 fully saturated rings. The third kappa shape index (κ3) is 4.01. The molecule has 6 heteroatoms. The molecule has 0 aliphatic heterocycles. The summed E-state index contributed by atoms with van der Waals surface area (Å²) < 4.78 is 0. The second-order valence-electron chi connectivity index (χ2n) is 5.64. The lowest BCUT2D eigenvalue weighted by atomic mass is 9.85. The van der Waals surface area contributed by atoms with Gasteiger partial charge in [0.15, 0.2) is 0 Å². The zero-order valence-electron chi connectivity index (χ0n) is 12.0. The molecule has 1 aliphatic carbocycles. The van der Waals surface area contributed by atoms with Crippen molar-refractivity contribution in [1.29, 1.82) is 0 Å². The fraction of sp³-hybridized carbons (Fsp3) is 0.533. The number of carboxylic acids is 1. The maximum atomic E-state index is 11.1. The molecule has 0 aromatic heterocycles. The number of nitrogens with zero attached hydrogens (tertiary/aromatic N) is 1. The van der Waals surface area contributed by atoms with Gasteiger partial charge in [-0.1, -0.05) is 18.6 Å². The molecule has 0 amide bonds. The number of nitrogens with one attached hydrogen (secondary N) is 1. The maximum Gasteiger partial charge on any atom is 0.306 e. The van der Waals surface area contributed by atoms with Crippen LogP contribution in [0.1, 0.15) is 44.2 Å². The summed E-state index contributed by atoms with van der Waals surface area (Å²) in [7, 11) is 0. The van der Waals surface area contributed by atoms with Gasteiger partial charge in [-0.25, -0.2) is 0 Å². The first-order valence-electron chi connectivity index (χ1n) is 7.20. The Labute approximate surface area is 123 Å². The Bertz CT molecular complexity index is 532. The largest absolute Gasteiger partial charge is 0.481 e. The molecule has 1 aliphatic rings. The lowest BCUT2D eigenvalue weighted by Gasteiger charge is -2.30. The molecule has 0 spiro atoms. The van der Waals surface area contributed by atoms with Gasteiger partial charge in [0.2, 0.25) is 0 Å². The highest BCUT2D eigenvalue weighted by Gasteiger charge is 2.27. The van der Waals surface area contributed by atoms with Crippen molar-refractivity contribution in [1.82, 2.24) is 5.32 Å². The van der Waals surface area contributed by atoms with Crippen molar-refractivity contribution in [2.24, 2.45) is 5.92 Å². The zero-order chi connectivity index (χ0) is 15.4. The van der Waals surface area contributed by atoms with Crippen LogP contribution in [-0.4, -0.2) is 22.0 Å². The number of non-ortho nitro benzene ring substituents is 1. The lowest BCUT2D eigenvalue weighted by Crippen LogP contribution is -2.37. The molecule has 6 nitrogen and oxygen atoms in total. The van der Waals surface area contributed by atoms with Crippen LogP contribution >= 0.6 is 0 Å². The molecule has 0 bridgehead atoms. The van der Waals surface area contributed by atoms with Crippen LogP contribution < -0.4 is 5.32 Å². The van der Waals surface area contributed by atoms with Gasteiger partial charge >= 0.3 is 5.97 Å². The Hall–Kier alpha value is -1.95. The van der Waals surface area contributed by atoms with E-state index in [4.69, 9.17) is 5.11 Å². The van der Waals surface area contributed by atoms with Crippen LogP contribution in [0, 0.1) is 16.0 Å². The van der Waals surface area contributed by atoms with Crippen LogP contribution in [-0.2, 0) is 4.79 Å². The van der Waals surface area contributed by atoms with Gasteiger partial charge in [-0.15, -0.1) is 0 Å². The van der Waals surface area contributed by atoms with E-state index in [9.17, 15) is 14.9 Å². The summed E-state index contributed by atoms with van der Waals surface area (Å²) in [6.07, 6.45) is 3.20. The van der Waals surface area contributed by atoms with Gasteiger partial charge in [0.1, 0.15) is 0 Å². The minimum atomic E-state index is -0.732. The summed E-state index contributed by atoms with van der Waals surface area (Å²) in [6, 6.07) is 6.66. The number of carboxylic acid groups (broad SMARTS) is 1. The standard InChI is InChI=1S/C15H20N2O4/c1-10(11-4-3-7-14(9-11)17(20)21)16-13-6-2-5-12(8-13)15(18)19/h3-4,7,9-10,12-13,16H,2,5-6,8H2,1H3,(H,18,19). The van der Waals surface area contributed by atoms with E-state index < -0.39 is 10.9 Å². The first kappa shape index (κ1) is 15.4.